The van der Waals surface area contributed by atoms with Gasteiger partial charge in [-0.25, -0.2) is 0 Å². The van der Waals surface area contributed by atoms with E-state index in [9.17, 15) is 0 Å². The molecular weight excluding hydrogens is 122 g/mol. The van der Waals surface area contributed by atoms with Gasteiger partial charge < -0.3 is 5.32 Å². The standard InChI is InChI=1S/C9H19N/c1-4-7-9(6-3)10-8-5-2/h6,9-10H,3-5,7-8H2,1-2H3. The zero-order chi connectivity index (χ0) is 7.82. The summed E-state index contributed by atoms with van der Waals surface area (Å²) in [5, 5.41) is 3.40. The molecule has 0 heterocycles. The molecule has 0 aliphatic heterocycles. The molecule has 0 bridgehead atoms. The zero-order valence-corrected chi connectivity index (χ0v) is 7.19. The van der Waals surface area contributed by atoms with Gasteiger partial charge in [-0.1, -0.05) is 26.3 Å². The summed E-state index contributed by atoms with van der Waals surface area (Å²) < 4.78 is 0. The molecule has 1 atom stereocenters. The molecule has 0 aromatic carbocycles. The monoisotopic (exact) mass is 141 g/mol. The van der Waals surface area contributed by atoms with Crippen LogP contribution in [0.1, 0.15) is 33.1 Å². The summed E-state index contributed by atoms with van der Waals surface area (Å²) in [6.07, 6.45) is 5.64. The van der Waals surface area contributed by atoms with E-state index in [-0.39, 0.29) is 0 Å². The molecule has 0 aliphatic carbocycles. The molecule has 0 saturated carbocycles. The number of rotatable bonds is 6. The second-order valence-electron chi connectivity index (χ2n) is 2.58. The van der Waals surface area contributed by atoms with Gasteiger partial charge in [-0.05, 0) is 19.4 Å². The summed E-state index contributed by atoms with van der Waals surface area (Å²) in [5.41, 5.74) is 0. The van der Waals surface area contributed by atoms with Crippen LogP contribution >= 0.6 is 0 Å². The Labute approximate surface area is 64.5 Å². The molecule has 0 aromatic heterocycles. The lowest BCUT2D eigenvalue weighted by molar-refractivity contribution is 0.548. The second kappa shape index (κ2) is 6.81. The predicted octanol–water partition coefficient (Wildman–Crippen LogP) is 2.34. The number of hydrogen-bond donors (Lipinski definition) is 1. The van der Waals surface area contributed by atoms with Gasteiger partial charge in [0.2, 0.25) is 0 Å². The van der Waals surface area contributed by atoms with Crippen LogP contribution in [0.4, 0.5) is 0 Å². The topological polar surface area (TPSA) is 12.0 Å². The Balaban J connectivity index is 3.29. The maximum atomic E-state index is 3.77. The van der Waals surface area contributed by atoms with Crippen LogP contribution in [0.5, 0.6) is 0 Å². The van der Waals surface area contributed by atoms with Crippen molar-refractivity contribution in [1.82, 2.24) is 5.32 Å². The first-order valence-electron chi connectivity index (χ1n) is 4.21. The highest BCUT2D eigenvalue weighted by molar-refractivity contribution is 4.84. The first-order chi connectivity index (χ1) is 4.85. The Morgan fingerprint density at radius 3 is 2.50 bits per heavy atom. The van der Waals surface area contributed by atoms with Crippen LogP contribution in [0.25, 0.3) is 0 Å². The number of nitrogens with one attached hydrogen (secondary N) is 1. The second-order valence-corrected chi connectivity index (χ2v) is 2.58. The van der Waals surface area contributed by atoms with Gasteiger partial charge in [0.15, 0.2) is 0 Å². The summed E-state index contributed by atoms with van der Waals surface area (Å²) in [6, 6.07) is 0.532. The first kappa shape index (κ1) is 9.70. The van der Waals surface area contributed by atoms with Gasteiger partial charge in [0.05, 0.1) is 0 Å². The lowest BCUT2D eigenvalue weighted by Crippen LogP contribution is -2.27. The van der Waals surface area contributed by atoms with E-state index in [4.69, 9.17) is 0 Å². The van der Waals surface area contributed by atoms with E-state index in [0.717, 1.165) is 6.54 Å². The van der Waals surface area contributed by atoms with Crippen molar-refractivity contribution in [2.75, 3.05) is 6.54 Å². The fourth-order valence-electron chi connectivity index (χ4n) is 0.944. The Morgan fingerprint density at radius 1 is 1.40 bits per heavy atom. The van der Waals surface area contributed by atoms with Crippen molar-refractivity contribution >= 4 is 0 Å². The molecule has 0 amide bonds. The van der Waals surface area contributed by atoms with E-state index < -0.39 is 0 Å². The van der Waals surface area contributed by atoms with Gasteiger partial charge >= 0.3 is 0 Å². The van der Waals surface area contributed by atoms with E-state index in [1.54, 1.807) is 0 Å². The minimum absolute atomic E-state index is 0.532. The average Bonchev–Trinajstić information content (AvgIpc) is 1.98. The predicted molar refractivity (Wildman–Crippen MR) is 47.2 cm³/mol. The van der Waals surface area contributed by atoms with Gasteiger partial charge in [-0.3, -0.25) is 0 Å². The van der Waals surface area contributed by atoms with Crippen molar-refractivity contribution < 1.29 is 0 Å². The maximum Gasteiger partial charge on any atom is 0.0247 e. The molecule has 1 nitrogen and oxygen atoms in total. The molecule has 0 fully saturated rings. The number of hydrogen-bond acceptors (Lipinski definition) is 1. The summed E-state index contributed by atoms with van der Waals surface area (Å²) in [4.78, 5) is 0. The van der Waals surface area contributed by atoms with Gasteiger partial charge in [0.25, 0.3) is 0 Å². The highest BCUT2D eigenvalue weighted by Gasteiger charge is 1.98. The van der Waals surface area contributed by atoms with Gasteiger partial charge in [0, 0.05) is 6.04 Å². The molecule has 0 saturated heterocycles. The lowest BCUT2D eigenvalue weighted by Gasteiger charge is -2.11. The molecule has 0 aromatic rings. The normalized spacial score (nSPS) is 13.0. The third-order valence-corrected chi connectivity index (χ3v) is 1.54. The van der Waals surface area contributed by atoms with Gasteiger partial charge in [-0.2, -0.15) is 0 Å². The van der Waals surface area contributed by atoms with Crippen molar-refractivity contribution in [2.45, 2.75) is 39.2 Å². The van der Waals surface area contributed by atoms with Crippen LogP contribution in [0.2, 0.25) is 0 Å². The first-order valence-corrected chi connectivity index (χ1v) is 4.21. The van der Waals surface area contributed by atoms with Crippen molar-refractivity contribution in [3.8, 4) is 0 Å². The van der Waals surface area contributed by atoms with Crippen molar-refractivity contribution in [3.05, 3.63) is 12.7 Å². The van der Waals surface area contributed by atoms with Crippen LogP contribution in [0, 0.1) is 0 Å². The van der Waals surface area contributed by atoms with Crippen LogP contribution in [0.15, 0.2) is 12.7 Å². The smallest absolute Gasteiger partial charge is 0.0247 e. The minimum Gasteiger partial charge on any atom is -0.311 e. The van der Waals surface area contributed by atoms with E-state index in [2.05, 4.69) is 25.7 Å². The fraction of sp³-hybridized carbons (Fsp3) is 0.778. The van der Waals surface area contributed by atoms with Crippen molar-refractivity contribution in [1.29, 1.82) is 0 Å². The molecule has 0 rings (SSSR count). The van der Waals surface area contributed by atoms with E-state index >= 15 is 0 Å². The van der Waals surface area contributed by atoms with Crippen molar-refractivity contribution in [2.24, 2.45) is 0 Å². The maximum absolute atomic E-state index is 3.77. The average molecular weight is 141 g/mol. The van der Waals surface area contributed by atoms with Gasteiger partial charge in [0.1, 0.15) is 0 Å². The van der Waals surface area contributed by atoms with E-state index in [1.165, 1.54) is 19.3 Å². The summed E-state index contributed by atoms with van der Waals surface area (Å²) in [6.45, 7) is 9.26. The Morgan fingerprint density at radius 2 is 2.10 bits per heavy atom. The molecule has 1 unspecified atom stereocenters. The van der Waals surface area contributed by atoms with Crippen LogP contribution in [-0.2, 0) is 0 Å². The van der Waals surface area contributed by atoms with Crippen LogP contribution < -0.4 is 5.32 Å². The van der Waals surface area contributed by atoms with E-state index in [0.29, 0.717) is 6.04 Å². The lowest BCUT2D eigenvalue weighted by atomic mass is 10.1. The molecule has 1 heteroatoms. The van der Waals surface area contributed by atoms with Crippen LogP contribution in [-0.4, -0.2) is 12.6 Å². The van der Waals surface area contributed by atoms with Crippen molar-refractivity contribution in [3.63, 3.8) is 0 Å². The van der Waals surface area contributed by atoms with E-state index in [1.807, 2.05) is 6.08 Å². The zero-order valence-electron chi connectivity index (χ0n) is 7.19. The molecule has 60 valence electrons. The largest absolute Gasteiger partial charge is 0.311 e. The molecule has 0 spiro atoms. The highest BCUT2D eigenvalue weighted by Crippen LogP contribution is 1.96. The molecule has 1 N–H and O–H groups in total. The highest BCUT2D eigenvalue weighted by atomic mass is 14.9. The third-order valence-electron chi connectivity index (χ3n) is 1.54. The minimum atomic E-state index is 0.532. The van der Waals surface area contributed by atoms with Gasteiger partial charge in [-0.15, -0.1) is 6.58 Å². The summed E-state index contributed by atoms with van der Waals surface area (Å²) in [7, 11) is 0. The SMILES string of the molecule is C=CC(CCC)NCCC. The Kier molecular flexibility index (Phi) is 6.61. The molecule has 10 heavy (non-hydrogen) atoms. The Bertz CT molecular complexity index is 78.8. The summed E-state index contributed by atoms with van der Waals surface area (Å²) >= 11 is 0. The quantitative estimate of drug-likeness (QED) is 0.560. The van der Waals surface area contributed by atoms with Crippen LogP contribution in [0.3, 0.4) is 0 Å². The molecule has 0 aliphatic rings. The fourth-order valence-corrected chi connectivity index (χ4v) is 0.944. The summed E-state index contributed by atoms with van der Waals surface area (Å²) in [5.74, 6) is 0. The third kappa shape index (κ3) is 4.57. The molecular formula is C9H19N. The Hall–Kier alpha value is -0.300. The molecule has 0 radical (unpaired) electrons.